The first-order valence-electron chi connectivity index (χ1n) is 7.90. The van der Waals surface area contributed by atoms with Crippen LogP contribution < -0.4 is 14.8 Å². The molecule has 1 amide bonds. The number of hydrogen-bond donors (Lipinski definition) is 1. The van der Waals surface area contributed by atoms with Gasteiger partial charge in [0, 0.05) is 24.7 Å². The van der Waals surface area contributed by atoms with Gasteiger partial charge in [0.1, 0.15) is 11.5 Å². The van der Waals surface area contributed by atoms with Crippen LogP contribution in [0.3, 0.4) is 0 Å². The van der Waals surface area contributed by atoms with Crippen LogP contribution in [0.15, 0.2) is 18.2 Å². The number of nitrogens with zero attached hydrogens (tertiary/aromatic N) is 1. The molecule has 23 heavy (non-hydrogen) atoms. The predicted molar refractivity (Wildman–Crippen MR) is 93.8 cm³/mol. The summed E-state index contributed by atoms with van der Waals surface area (Å²) in [5.74, 6) is 1.63. The molecular weight excluding hydrogens is 316 g/mol. The average Bonchev–Trinajstić information content (AvgIpc) is 3.06. The third-order valence-corrected chi connectivity index (χ3v) is 4.09. The molecule has 130 valence electrons. The lowest BCUT2D eigenvalue weighted by atomic mass is 10.1. The molecule has 1 unspecified atom stereocenters. The first kappa shape index (κ1) is 19.6. The van der Waals surface area contributed by atoms with E-state index in [-0.39, 0.29) is 18.3 Å². The quantitative estimate of drug-likeness (QED) is 0.826. The molecule has 0 aliphatic carbocycles. The van der Waals surface area contributed by atoms with E-state index < -0.39 is 0 Å². The molecule has 1 aromatic rings. The highest BCUT2D eigenvalue weighted by Crippen LogP contribution is 2.25. The Morgan fingerprint density at radius 2 is 2.13 bits per heavy atom. The van der Waals surface area contributed by atoms with E-state index in [0.29, 0.717) is 12.5 Å². The van der Waals surface area contributed by atoms with Crippen molar-refractivity contribution in [1.82, 2.24) is 10.2 Å². The maximum Gasteiger partial charge on any atom is 0.227 e. The van der Waals surface area contributed by atoms with E-state index in [4.69, 9.17) is 9.47 Å². The average molecular weight is 343 g/mol. The van der Waals surface area contributed by atoms with E-state index in [9.17, 15) is 4.79 Å². The normalized spacial score (nSPS) is 16.6. The summed E-state index contributed by atoms with van der Waals surface area (Å²) in [6.45, 7) is 4.79. The molecule has 1 N–H and O–H groups in total. The van der Waals surface area contributed by atoms with Crippen molar-refractivity contribution in [2.75, 3.05) is 33.9 Å². The maximum atomic E-state index is 12.8. The fourth-order valence-electron chi connectivity index (χ4n) is 2.94. The summed E-state index contributed by atoms with van der Waals surface area (Å²) in [5, 5.41) is 3.33. The van der Waals surface area contributed by atoms with Crippen molar-refractivity contribution < 1.29 is 14.3 Å². The van der Waals surface area contributed by atoms with Crippen LogP contribution in [0.4, 0.5) is 0 Å². The minimum Gasteiger partial charge on any atom is -0.497 e. The van der Waals surface area contributed by atoms with Crippen LogP contribution >= 0.6 is 12.4 Å². The van der Waals surface area contributed by atoms with Gasteiger partial charge in [-0.05, 0) is 37.6 Å². The van der Waals surface area contributed by atoms with Crippen LogP contribution in [0, 0.1) is 0 Å². The number of benzene rings is 1. The van der Waals surface area contributed by atoms with Crippen molar-refractivity contribution in [3.63, 3.8) is 0 Å². The number of methoxy groups -OCH3 is 2. The second-order valence-electron chi connectivity index (χ2n) is 5.59. The number of halogens is 1. The van der Waals surface area contributed by atoms with Gasteiger partial charge in [-0.15, -0.1) is 12.4 Å². The molecule has 0 bridgehead atoms. The van der Waals surface area contributed by atoms with E-state index in [1.54, 1.807) is 14.2 Å². The minimum atomic E-state index is 0. The number of ether oxygens (including phenoxy) is 2. The van der Waals surface area contributed by atoms with E-state index >= 15 is 0 Å². The highest BCUT2D eigenvalue weighted by molar-refractivity contribution is 5.85. The highest BCUT2D eigenvalue weighted by Gasteiger charge is 2.26. The smallest absolute Gasteiger partial charge is 0.227 e. The number of nitrogens with one attached hydrogen (secondary N) is 1. The molecule has 2 rings (SSSR count). The second-order valence-corrected chi connectivity index (χ2v) is 5.59. The van der Waals surface area contributed by atoms with Crippen molar-refractivity contribution in [3.8, 4) is 11.5 Å². The minimum absolute atomic E-state index is 0. The van der Waals surface area contributed by atoms with Gasteiger partial charge in [0.15, 0.2) is 0 Å². The SMILES string of the molecule is CCCN(C(=O)Cc1cc(OC)ccc1OC)C1CCNC1.Cl. The lowest BCUT2D eigenvalue weighted by Gasteiger charge is -2.28. The molecule has 1 heterocycles. The molecule has 1 saturated heterocycles. The van der Waals surface area contributed by atoms with Gasteiger partial charge >= 0.3 is 0 Å². The number of hydrogen-bond acceptors (Lipinski definition) is 4. The molecular formula is C17H27ClN2O3. The molecule has 5 nitrogen and oxygen atoms in total. The van der Waals surface area contributed by atoms with E-state index in [1.165, 1.54) is 0 Å². The van der Waals surface area contributed by atoms with Gasteiger partial charge in [0.05, 0.1) is 20.6 Å². The lowest BCUT2D eigenvalue weighted by molar-refractivity contribution is -0.132. The Labute approximate surface area is 144 Å². The third-order valence-electron chi connectivity index (χ3n) is 4.09. The highest BCUT2D eigenvalue weighted by atomic mass is 35.5. The topological polar surface area (TPSA) is 50.8 Å². The molecule has 0 spiro atoms. The van der Waals surface area contributed by atoms with Crippen LogP contribution in [0.1, 0.15) is 25.3 Å². The predicted octanol–water partition coefficient (Wildman–Crippen LogP) is 2.27. The summed E-state index contributed by atoms with van der Waals surface area (Å²) in [6.07, 6.45) is 2.34. The number of amides is 1. The molecule has 0 radical (unpaired) electrons. The van der Waals surface area contributed by atoms with Crippen LogP contribution in [0.2, 0.25) is 0 Å². The third kappa shape index (κ3) is 5.01. The Morgan fingerprint density at radius 1 is 1.35 bits per heavy atom. The molecule has 1 fully saturated rings. The summed E-state index contributed by atoms with van der Waals surface area (Å²) >= 11 is 0. The summed E-state index contributed by atoms with van der Waals surface area (Å²) < 4.78 is 10.6. The molecule has 1 aliphatic rings. The van der Waals surface area contributed by atoms with Crippen LogP contribution in [0.25, 0.3) is 0 Å². The summed E-state index contributed by atoms with van der Waals surface area (Å²) in [6, 6.07) is 5.89. The van der Waals surface area contributed by atoms with Crippen LogP contribution in [0.5, 0.6) is 11.5 Å². The Kier molecular flexibility index (Phi) is 8.20. The van der Waals surface area contributed by atoms with Gasteiger partial charge in [-0.25, -0.2) is 0 Å². The molecule has 1 aliphatic heterocycles. The first-order valence-corrected chi connectivity index (χ1v) is 7.90. The Morgan fingerprint density at radius 3 is 2.70 bits per heavy atom. The van der Waals surface area contributed by atoms with E-state index in [1.807, 2.05) is 23.1 Å². The van der Waals surface area contributed by atoms with Crippen LogP contribution in [-0.4, -0.2) is 50.7 Å². The van der Waals surface area contributed by atoms with E-state index in [0.717, 1.165) is 49.5 Å². The fourth-order valence-corrected chi connectivity index (χ4v) is 2.94. The molecule has 6 heteroatoms. The zero-order valence-electron chi connectivity index (χ0n) is 14.1. The van der Waals surface area contributed by atoms with Gasteiger partial charge in [-0.1, -0.05) is 6.92 Å². The van der Waals surface area contributed by atoms with Crippen molar-refractivity contribution >= 4 is 18.3 Å². The van der Waals surface area contributed by atoms with Gasteiger partial charge in [-0.3, -0.25) is 4.79 Å². The largest absolute Gasteiger partial charge is 0.497 e. The van der Waals surface area contributed by atoms with E-state index in [2.05, 4.69) is 12.2 Å². The molecule has 0 saturated carbocycles. The summed E-state index contributed by atoms with van der Waals surface area (Å²) in [5.41, 5.74) is 0.874. The van der Waals surface area contributed by atoms with Crippen molar-refractivity contribution in [2.45, 2.75) is 32.2 Å². The maximum absolute atomic E-state index is 12.8. The van der Waals surface area contributed by atoms with Gasteiger partial charge < -0.3 is 19.7 Å². The van der Waals surface area contributed by atoms with Crippen molar-refractivity contribution in [2.24, 2.45) is 0 Å². The standard InChI is InChI=1S/C17H26N2O3.ClH/c1-4-9-19(14-7-8-18-12-14)17(20)11-13-10-15(21-2)5-6-16(13)22-3;/h5-6,10,14,18H,4,7-9,11-12H2,1-3H3;1H. The zero-order valence-corrected chi connectivity index (χ0v) is 14.9. The lowest BCUT2D eigenvalue weighted by Crippen LogP contribution is -2.42. The summed E-state index contributed by atoms with van der Waals surface area (Å²) in [7, 11) is 3.25. The van der Waals surface area contributed by atoms with Crippen LogP contribution in [-0.2, 0) is 11.2 Å². The Balaban J connectivity index is 0.00000264. The zero-order chi connectivity index (χ0) is 15.9. The van der Waals surface area contributed by atoms with Crippen molar-refractivity contribution in [3.05, 3.63) is 23.8 Å². The number of rotatable bonds is 7. The molecule has 1 aromatic carbocycles. The summed E-state index contributed by atoms with van der Waals surface area (Å²) in [4.78, 5) is 14.8. The van der Waals surface area contributed by atoms with Crippen molar-refractivity contribution in [1.29, 1.82) is 0 Å². The Bertz CT molecular complexity index is 505. The molecule has 0 aromatic heterocycles. The molecule has 1 atom stereocenters. The number of carbonyl (C=O) groups excluding carboxylic acids is 1. The fraction of sp³-hybridized carbons (Fsp3) is 0.588. The first-order chi connectivity index (χ1) is 10.7. The second kappa shape index (κ2) is 9.63. The Hall–Kier alpha value is -1.46. The monoisotopic (exact) mass is 342 g/mol. The van der Waals surface area contributed by atoms with Gasteiger partial charge in [-0.2, -0.15) is 0 Å². The van der Waals surface area contributed by atoms with Gasteiger partial charge in [0.2, 0.25) is 5.91 Å². The number of carbonyl (C=O) groups is 1. The van der Waals surface area contributed by atoms with Gasteiger partial charge in [0.25, 0.3) is 0 Å².